The first-order chi connectivity index (χ1) is 11.8. The lowest BCUT2D eigenvalue weighted by atomic mass is 10.0. The minimum Gasteiger partial charge on any atom is -0.402 e. The van der Waals surface area contributed by atoms with Crippen LogP contribution in [-0.4, -0.2) is 11.9 Å². The third-order valence-corrected chi connectivity index (χ3v) is 4.08. The molecule has 0 aromatic heterocycles. The van der Waals surface area contributed by atoms with Crippen LogP contribution in [-0.2, 0) is 9.53 Å². The summed E-state index contributed by atoms with van der Waals surface area (Å²) in [4.78, 5) is 16.0. The lowest BCUT2D eigenvalue weighted by molar-refractivity contribution is -0.129. The molecule has 3 rings (SSSR count). The molecule has 0 bridgehead atoms. The third kappa shape index (κ3) is 3.61. The molecule has 0 saturated heterocycles. The Morgan fingerprint density at radius 2 is 1.76 bits per heavy atom. The highest BCUT2D eigenvalue weighted by molar-refractivity contribution is 6.34. The van der Waals surface area contributed by atoms with Crippen molar-refractivity contribution in [2.75, 3.05) is 0 Å². The van der Waals surface area contributed by atoms with Gasteiger partial charge in [-0.3, -0.25) is 0 Å². The Bertz CT molecular complexity index is 902. The molecule has 0 atom stereocenters. The number of rotatable bonds is 3. The van der Waals surface area contributed by atoms with Crippen molar-refractivity contribution in [3.63, 3.8) is 0 Å². The topological polar surface area (TPSA) is 38.7 Å². The highest BCUT2D eigenvalue weighted by Gasteiger charge is 2.26. The number of halogens is 3. The molecule has 0 spiro atoms. The summed E-state index contributed by atoms with van der Waals surface area (Å²) < 4.78 is 31.6. The maximum absolute atomic E-state index is 13.4. The Balaban J connectivity index is 1.93. The van der Waals surface area contributed by atoms with Gasteiger partial charge in [0.25, 0.3) is 0 Å². The van der Waals surface area contributed by atoms with Gasteiger partial charge < -0.3 is 4.74 Å². The lowest BCUT2D eigenvalue weighted by Crippen LogP contribution is -2.07. The molecule has 0 unspecified atom stereocenters. The van der Waals surface area contributed by atoms with Crippen LogP contribution in [0.1, 0.15) is 36.5 Å². The van der Waals surface area contributed by atoms with Gasteiger partial charge in [-0.1, -0.05) is 49.7 Å². The van der Waals surface area contributed by atoms with Gasteiger partial charge >= 0.3 is 5.97 Å². The number of carbonyl (C=O) groups is 1. The largest absolute Gasteiger partial charge is 0.402 e. The van der Waals surface area contributed by atoms with Crippen LogP contribution < -0.4 is 0 Å². The smallest absolute Gasteiger partial charge is 0.363 e. The standard InChI is InChI=1S/C19H14ClF2NO2/c1-10(2)12-5-3-11(4-6-12)7-17-19(24)25-18(23-17)13-8-15(21)16(22)9-14(13)20/h3-10H,1-2H3. The van der Waals surface area contributed by atoms with Gasteiger partial charge in [0.15, 0.2) is 17.3 Å². The predicted molar refractivity (Wildman–Crippen MR) is 92.5 cm³/mol. The first-order valence-electron chi connectivity index (χ1n) is 7.62. The second-order valence-corrected chi connectivity index (χ2v) is 6.31. The number of carbonyl (C=O) groups excluding carboxylic acids is 1. The molecule has 1 aliphatic heterocycles. The van der Waals surface area contributed by atoms with Crippen LogP contribution in [0.4, 0.5) is 8.78 Å². The first kappa shape index (κ1) is 17.3. The van der Waals surface area contributed by atoms with Crippen molar-refractivity contribution in [3.05, 3.63) is 75.4 Å². The monoisotopic (exact) mass is 361 g/mol. The van der Waals surface area contributed by atoms with Crippen LogP contribution in [0.5, 0.6) is 0 Å². The lowest BCUT2D eigenvalue weighted by Gasteiger charge is -2.04. The Hall–Kier alpha value is -2.53. The van der Waals surface area contributed by atoms with E-state index < -0.39 is 17.6 Å². The van der Waals surface area contributed by atoms with Crippen LogP contribution in [0.25, 0.3) is 6.08 Å². The Morgan fingerprint density at radius 3 is 2.40 bits per heavy atom. The second kappa shape index (κ2) is 6.76. The molecule has 0 radical (unpaired) electrons. The first-order valence-corrected chi connectivity index (χ1v) is 8.00. The fourth-order valence-electron chi connectivity index (χ4n) is 2.35. The van der Waals surface area contributed by atoms with E-state index in [0.29, 0.717) is 5.92 Å². The fourth-order valence-corrected chi connectivity index (χ4v) is 2.58. The van der Waals surface area contributed by atoms with Crippen molar-refractivity contribution in [3.8, 4) is 0 Å². The van der Waals surface area contributed by atoms with Crippen molar-refractivity contribution in [1.29, 1.82) is 0 Å². The molecule has 6 heteroatoms. The van der Waals surface area contributed by atoms with Crippen molar-refractivity contribution >= 4 is 29.5 Å². The molecule has 0 N–H and O–H groups in total. The molecule has 3 nitrogen and oxygen atoms in total. The van der Waals surface area contributed by atoms with Crippen molar-refractivity contribution in [2.45, 2.75) is 19.8 Å². The Labute approximate surface area is 148 Å². The molecule has 0 fully saturated rings. The van der Waals surface area contributed by atoms with Crippen LogP contribution in [0.15, 0.2) is 47.1 Å². The quantitative estimate of drug-likeness (QED) is 0.434. The van der Waals surface area contributed by atoms with E-state index in [1.54, 1.807) is 6.08 Å². The van der Waals surface area contributed by atoms with Gasteiger partial charge in [-0.15, -0.1) is 0 Å². The molecular formula is C19H14ClF2NO2. The minimum absolute atomic E-state index is 0.0208. The summed E-state index contributed by atoms with van der Waals surface area (Å²) in [5.74, 6) is -2.61. The molecule has 128 valence electrons. The van der Waals surface area contributed by atoms with Gasteiger partial charge in [0.1, 0.15) is 0 Å². The summed E-state index contributed by atoms with van der Waals surface area (Å²) >= 11 is 5.89. The number of cyclic esters (lactones) is 1. The third-order valence-electron chi connectivity index (χ3n) is 3.77. The van der Waals surface area contributed by atoms with Crippen molar-refractivity contribution in [1.82, 2.24) is 0 Å². The molecule has 2 aromatic carbocycles. The Kier molecular flexibility index (Phi) is 4.68. The summed E-state index contributed by atoms with van der Waals surface area (Å²) in [5, 5.41) is -0.0898. The predicted octanol–water partition coefficient (Wildman–Crippen LogP) is 5.09. The van der Waals surface area contributed by atoms with Crippen molar-refractivity contribution in [2.24, 2.45) is 4.99 Å². The summed E-state index contributed by atoms with van der Waals surface area (Å²) in [5.41, 5.74) is 2.03. The highest BCUT2D eigenvalue weighted by Crippen LogP contribution is 2.26. The van der Waals surface area contributed by atoms with Gasteiger partial charge in [0.05, 0.1) is 10.6 Å². The van der Waals surface area contributed by atoms with E-state index in [2.05, 4.69) is 18.8 Å². The maximum Gasteiger partial charge on any atom is 0.363 e. The number of esters is 1. The molecule has 0 saturated carbocycles. The fraction of sp³-hybridized carbons (Fsp3) is 0.158. The number of nitrogens with zero attached hydrogens (tertiary/aromatic N) is 1. The maximum atomic E-state index is 13.4. The van der Waals surface area contributed by atoms with Crippen LogP contribution >= 0.6 is 11.6 Å². The average molecular weight is 362 g/mol. The zero-order valence-corrected chi connectivity index (χ0v) is 14.3. The highest BCUT2D eigenvalue weighted by atomic mass is 35.5. The second-order valence-electron chi connectivity index (χ2n) is 5.90. The normalized spacial score (nSPS) is 15.7. The van der Waals surface area contributed by atoms with Crippen LogP contribution in [0.2, 0.25) is 5.02 Å². The number of ether oxygens (including phenoxy) is 1. The molecular weight excluding hydrogens is 348 g/mol. The summed E-state index contributed by atoms with van der Waals surface area (Å²) in [6, 6.07) is 9.34. The minimum atomic E-state index is -1.10. The van der Waals surface area contributed by atoms with Gasteiger partial charge in [-0.2, -0.15) is 0 Å². The summed E-state index contributed by atoms with van der Waals surface area (Å²) in [6.45, 7) is 4.17. The molecule has 2 aromatic rings. The number of hydrogen-bond acceptors (Lipinski definition) is 3. The number of benzene rings is 2. The molecule has 1 aliphatic rings. The number of hydrogen-bond donors (Lipinski definition) is 0. The van der Waals surface area contributed by atoms with Gasteiger partial charge in [0, 0.05) is 0 Å². The average Bonchev–Trinajstić information content (AvgIpc) is 2.92. The van der Waals surface area contributed by atoms with E-state index >= 15 is 0 Å². The zero-order chi connectivity index (χ0) is 18.1. The van der Waals surface area contributed by atoms with Gasteiger partial charge in [-0.05, 0) is 35.3 Å². The van der Waals surface area contributed by atoms with Gasteiger partial charge in [0.2, 0.25) is 5.90 Å². The van der Waals surface area contributed by atoms with E-state index in [-0.39, 0.29) is 22.2 Å². The van der Waals surface area contributed by atoms with Gasteiger partial charge in [-0.25, -0.2) is 18.6 Å². The molecule has 25 heavy (non-hydrogen) atoms. The zero-order valence-electron chi connectivity index (χ0n) is 13.5. The molecule has 0 amide bonds. The van der Waals surface area contributed by atoms with E-state index in [9.17, 15) is 13.6 Å². The van der Waals surface area contributed by atoms with E-state index in [1.165, 1.54) is 5.56 Å². The molecule has 0 aliphatic carbocycles. The van der Waals surface area contributed by atoms with Crippen LogP contribution in [0, 0.1) is 11.6 Å². The summed E-state index contributed by atoms with van der Waals surface area (Å²) in [7, 11) is 0. The molecule has 1 heterocycles. The number of aliphatic imine (C=N–C) groups is 1. The van der Waals surface area contributed by atoms with Crippen molar-refractivity contribution < 1.29 is 18.3 Å². The van der Waals surface area contributed by atoms with E-state index in [4.69, 9.17) is 16.3 Å². The summed E-state index contributed by atoms with van der Waals surface area (Å²) in [6.07, 6.45) is 1.56. The van der Waals surface area contributed by atoms with E-state index in [1.807, 2.05) is 24.3 Å². The van der Waals surface area contributed by atoms with Crippen LogP contribution in [0.3, 0.4) is 0 Å². The Morgan fingerprint density at radius 1 is 1.12 bits per heavy atom. The SMILES string of the molecule is CC(C)c1ccc(C=C2N=C(c3cc(F)c(F)cc3Cl)OC2=O)cc1. The van der Waals surface area contributed by atoms with E-state index in [0.717, 1.165) is 17.7 Å².